The number of amides is 4. The predicted molar refractivity (Wildman–Crippen MR) is 111 cm³/mol. The van der Waals surface area contributed by atoms with Gasteiger partial charge < -0.3 is 14.8 Å². The van der Waals surface area contributed by atoms with E-state index in [0.29, 0.717) is 42.0 Å². The number of carbonyl (C=O) groups excluding carboxylic acids is 3. The zero-order chi connectivity index (χ0) is 21.5. The Bertz CT molecular complexity index is 901. The zero-order valence-corrected chi connectivity index (χ0v) is 17.5. The van der Waals surface area contributed by atoms with E-state index in [4.69, 9.17) is 9.47 Å². The maximum atomic E-state index is 12.1. The zero-order valence-electron chi connectivity index (χ0n) is 16.6. The van der Waals surface area contributed by atoms with Crippen LogP contribution in [0.25, 0.3) is 0 Å². The van der Waals surface area contributed by atoms with Gasteiger partial charge in [0.25, 0.3) is 5.91 Å². The Kier molecular flexibility index (Phi) is 7.07. The van der Waals surface area contributed by atoms with Crippen LogP contribution in [0.4, 0.5) is 9.93 Å². The van der Waals surface area contributed by atoms with Crippen LogP contribution in [-0.2, 0) is 16.0 Å². The summed E-state index contributed by atoms with van der Waals surface area (Å²) in [5.74, 6) is 0.294. The molecule has 10 nitrogen and oxygen atoms in total. The fourth-order valence-corrected chi connectivity index (χ4v) is 3.48. The molecule has 1 aromatic heterocycles. The number of carbonyl (C=O) groups is 3. The van der Waals surface area contributed by atoms with Crippen molar-refractivity contribution in [3.63, 3.8) is 0 Å². The molecule has 1 saturated heterocycles. The van der Waals surface area contributed by atoms with Gasteiger partial charge in [-0.25, -0.2) is 9.78 Å². The fourth-order valence-electron chi connectivity index (χ4n) is 2.64. The Morgan fingerprint density at radius 3 is 2.67 bits per heavy atom. The summed E-state index contributed by atoms with van der Waals surface area (Å²) in [7, 11) is 0. The second kappa shape index (κ2) is 9.92. The Hall–Kier alpha value is -3.34. The topological polar surface area (TPSA) is 122 Å². The number of rotatable bonds is 8. The van der Waals surface area contributed by atoms with E-state index >= 15 is 0 Å². The van der Waals surface area contributed by atoms with Crippen molar-refractivity contribution in [3.8, 4) is 11.5 Å². The lowest BCUT2D eigenvalue weighted by molar-refractivity contribution is -0.132. The minimum Gasteiger partial charge on any atom is -0.494 e. The van der Waals surface area contributed by atoms with Gasteiger partial charge in [-0.15, -0.1) is 11.3 Å². The van der Waals surface area contributed by atoms with E-state index in [1.54, 1.807) is 36.6 Å². The number of hydrogen-bond acceptors (Lipinski definition) is 7. The van der Waals surface area contributed by atoms with E-state index < -0.39 is 17.9 Å². The average molecular weight is 433 g/mol. The average Bonchev–Trinajstić information content (AvgIpc) is 3.36. The highest BCUT2D eigenvalue weighted by Crippen LogP contribution is 2.22. The van der Waals surface area contributed by atoms with Crippen molar-refractivity contribution in [2.75, 3.05) is 24.6 Å². The number of thiazole rings is 1. The van der Waals surface area contributed by atoms with Gasteiger partial charge in [0.15, 0.2) is 11.2 Å². The third-order valence-electron chi connectivity index (χ3n) is 4.11. The second-order valence-corrected chi connectivity index (χ2v) is 7.22. The molecule has 2 heterocycles. The SMILES string of the molecule is CCOc1ccc(OC(C)C(=O)NNC(=O)Cc2csc(N3CCNC3=O)n2)cc1. The third-order valence-corrected chi connectivity index (χ3v) is 5.02. The number of aromatic nitrogens is 1. The first-order chi connectivity index (χ1) is 14.5. The van der Waals surface area contributed by atoms with Gasteiger partial charge in [0.05, 0.1) is 18.7 Å². The van der Waals surface area contributed by atoms with Gasteiger partial charge in [0.1, 0.15) is 11.5 Å². The van der Waals surface area contributed by atoms with E-state index in [0.717, 1.165) is 0 Å². The van der Waals surface area contributed by atoms with Gasteiger partial charge in [-0.3, -0.25) is 25.3 Å². The number of ether oxygens (including phenoxy) is 2. The molecule has 0 radical (unpaired) electrons. The molecule has 0 spiro atoms. The normalized spacial score (nSPS) is 14.1. The molecule has 2 aromatic rings. The Morgan fingerprint density at radius 2 is 2.00 bits per heavy atom. The van der Waals surface area contributed by atoms with Crippen molar-refractivity contribution in [3.05, 3.63) is 35.3 Å². The Balaban J connectivity index is 1.43. The van der Waals surface area contributed by atoms with Gasteiger partial charge in [-0.2, -0.15) is 0 Å². The number of hydrogen-bond donors (Lipinski definition) is 3. The van der Waals surface area contributed by atoms with Crippen LogP contribution >= 0.6 is 11.3 Å². The van der Waals surface area contributed by atoms with Crippen LogP contribution in [0.15, 0.2) is 29.6 Å². The molecule has 30 heavy (non-hydrogen) atoms. The van der Waals surface area contributed by atoms with Crippen LogP contribution < -0.4 is 30.5 Å². The molecule has 0 aliphatic carbocycles. The summed E-state index contributed by atoms with van der Waals surface area (Å²) < 4.78 is 10.9. The van der Waals surface area contributed by atoms with E-state index in [2.05, 4.69) is 21.2 Å². The largest absolute Gasteiger partial charge is 0.494 e. The summed E-state index contributed by atoms with van der Waals surface area (Å²) in [6.45, 7) is 5.14. The standard InChI is InChI=1S/C19H23N5O5S/c1-3-28-14-4-6-15(7-5-14)29-12(2)17(26)23-22-16(25)10-13-11-30-19(21-13)24-9-8-20-18(24)27/h4-7,11-12H,3,8-10H2,1-2H3,(H,20,27)(H,22,25)(H,23,26). The molecular weight excluding hydrogens is 410 g/mol. The molecule has 1 unspecified atom stereocenters. The molecule has 11 heteroatoms. The summed E-state index contributed by atoms with van der Waals surface area (Å²) in [4.78, 5) is 41.7. The van der Waals surface area contributed by atoms with Gasteiger partial charge in [0.2, 0.25) is 5.91 Å². The first kappa shape index (κ1) is 21.4. The van der Waals surface area contributed by atoms with Crippen molar-refractivity contribution >= 4 is 34.3 Å². The van der Waals surface area contributed by atoms with Crippen LogP contribution in [0.1, 0.15) is 19.5 Å². The Morgan fingerprint density at radius 1 is 1.27 bits per heavy atom. The highest BCUT2D eigenvalue weighted by Gasteiger charge is 2.24. The maximum Gasteiger partial charge on any atom is 0.323 e. The number of nitrogens with zero attached hydrogens (tertiary/aromatic N) is 2. The van der Waals surface area contributed by atoms with Crippen LogP contribution in [-0.4, -0.2) is 48.6 Å². The smallest absolute Gasteiger partial charge is 0.323 e. The van der Waals surface area contributed by atoms with Crippen molar-refractivity contribution in [1.82, 2.24) is 21.2 Å². The van der Waals surface area contributed by atoms with Gasteiger partial charge in [-0.05, 0) is 38.1 Å². The fraction of sp³-hybridized carbons (Fsp3) is 0.368. The molecule has 0 saturated carbocycles. The van der Waals surface area contributed by atoms with Crippen LogP contribution in [0, 0.1) is 0 Å². The molecule has 1 fully saturated rings. The van der Waals surface area contributed by atoms with E-state index in [-0.39, 0.29) is 12.5 Å². The Labute approximate surface area is 177 Å². The minimum absolute atomic E-state index is 0.0274. The van der Waals surface area contributed by atoms with E-state index in [1.807, 2.05) is 6.92 Å². The quantitative estimate of drug-likeness (QED) is 0.539. The van der Waals surface area contributed by atoms with Gasteiger partial charge in [-0.1, -0.05) is 0 Å². The number of nitrogens with one attached hydrogen (secondary N) is 3. The molecule has 160 valence electrons. The summed E-state index contributed by atoms with van der Waals surface area (Å²) in [6, 6.07) is 6.70. The van der Waals surface area contributed by atoms with Gasteiger partial charge >= 0.3 is 6.03 Å². The molecule has 4 amide bonds. The lowest BCUT2D eigenvalue weighted by atomic mass is 10.3. The number of hydrazine groups is 1. The second-order valence-electron chi connectivity index (χ2n) is 6.38. The van der Waals surface area contributed by atoms with Crippen molar-refractivity contribution < 1.29 is 23.9 Å². The predicted octanol–water partition coefficient (Wildman–Crippen LogP) is 1.23. The molecular formula is C19H23N5O5S. The minimum atomic E-state index is -0.817. The van der Waals surface area contributed by atoms with Crippen LogP contribution in [0.5, 0.6) is 11.5 Å². The first-order valence-corrected chi connectivity index (χ1v) is 10.3. The van der Waals surface area contributed by atoms with E-state index in [9.17, 15) is 14.4 Å². The van der Waals surface area contributed by atoms with Gasteiger partial charge in [0, 0.05) is 18.5 Å². The lowest BCUT2D eigenvalue weighted by Gasteiger charge is -2.15. The lowest BCUT2D eigenvalue weighted by Crippen LogP contribution is -2.47. The molecule has 3 N–H and O–H groups in total. The van der Waals surface area contributed by atoms with E-state index in [1.165, 1.54) is 16.2 Å². The maximum absolute atomic E-state index is 12.1. The van der Waals surface area contributed by atoms with Crippen molar-refractivity contribution in [2.45, 2.75) is 26.4 Å². The van der Waals surface area contributed by atoms with Crippen molar-refractivity contribution in [1.29, 1.82) is 0 Å². The summed E-state index contributed by atoms with van der Waals surface area (Å²) in [5.41, 5.74) is 5.19. The summed E-state index contributed by atoms with van der Waals surface area (Å²) in [5, 5.41) is 4.94. The molecule has 1 aliphatic rings. The van der Waals surface area contributed by atoms with Crippen LogP contribution in [0.2, 0.25) is 0 Å². The molecule has 1 aromatic carbocycles. The first-order valence-electron chi connectivity index (χ1n) is 9.44. The molecule has 3 rings (SSSR count). The monoisotopic (exact) mass is 433 g/mol. The van der Waals surface area contributed by atoms with Crippen LogP contribution in [0.3, 0.4) is 0 Å². The highest BCUT2D eigenvalue weighted by atomic mass is 32.1. The highest BCUT2D eigenvalue weighted by molar-refractivity contribution is 7.14. The number of urea groups is 1. The number of benzene rings is 1. The summed E-state index contributed by atoms with van der Waals surface area (Å²) >= 11 is 1.28. The molecule has 0 bridgehead atoms. The third kappa shape index (κ3) is 5.60. The van der Waals surface area contributed by atoms with Crippen molar-refractivity contribution in [2.24, 2.45) is 0 Å². The molecule has 1 aliphatic heterocycles. The number of anilines is 1. The summed E-state index contributed by atoms with van der Waals surface area (Å²) in [6.07, 6.45) is -0.844. The molecule has 1 atom stereocenters.